The predicted molar refractivity (Wildman–Crippen MR) is 79.1 cm³/mol. The van der Waals surface area contributed by atoms with Crippen LogP contribution in [0, 0.1) is 6.92 Å². The number of likely N-dealkylation sites (tertiary alicyclic amines) is 1. The molecule has 0 spiro atoms. The van der Waals surface area contributed by atoms with Crippen molar-refractivity contribution in [3.05, 3.63) is 35.5 Å². The summed E-state index contributed by atoms with van der Waals surface area (Å²) in [6.45, 7) is 2.55. The van der Waals surface area contributed by atoms with E-state index in [0.29, 0.717) is 13.0 Å². The smallest absolute Gasteiger partial charge is 0.326 e. The molecule has 1 aromatic heterocycles. The van der Waals surface area contributed by atoms with E-state index in [0.717, 1.165) is 28.5 Å². The van der Waals surface area contributed by atoms with Gasteiger partial charge in [-0.1, -0.05) is 12.1 Å². The molecule has 0 unspecified atom stereocenters. The Labute approximate surface area is 122 Å². The van der Waals surface area contributed by atoms with Crippen LogP contribution in [0.5, 0.6) is 0 Å². The summed E-state index contributed by atoms with van der Waals surface area (Å²) in [4.78, 5) is 28.3. The molecule has 0 bridgehead atoms. The molecular formula is C16H18N2O3. The minimum Gasteiger partial charge on any atom is -0.480 e. The lowest BCUT2D eigenvalue weighted by atomic mass is 10.0. The number of hydrogen-bond acceptors (Lipinski definition) is 2. The van der Waals surface area contributed by atoms with Gasteiger partial charge in [0.25, 0.3) is 0 Å². The zero-order valence-electron chi connectivity index (χ0n) is 11.9. The van der Waals surface area contributed by atoms with Gasteiger partial charge in [-0.05, 0) is 37.0 Å². The van der Waals surface area contributed by atoms with E-state index >= 15 is 0 Å². The zero-order valence-corrected chi connectivity index (χ0v) is 11.9. The molecule has 1 aromatic carbocycles. The number of amides is 1. The zero-order chi connectivity index (χ0) is 15.0. The van der Waals surface area contributed by atoms with Gasteiger partial charge in [0.15, 0.2) is 0 Å². The van der Waals surface area contributed by atoms with Crippen molar-refractivity contribution in [1.82, 2.24) is 9.88 Å². The molecule has 2 aromatic rings. The average molecular weight is 286 g/mol. The number of aromatic nitrogens is 1. The Morgan fingerprint density at radius 2 is 2.24 bits per heavy atom. The van der Waals surface area contributed by atoms with E-state index in [9.17, 15) is 14.7 Å². The van der Waals surface area contributed by atoms with Gasteiger partial charge in [0.1, 0.15) is 6.04 Å². The fourth-order valence-electron chi connectivity index (χ4n) is 3.18. The lowest BCUT2D eigenvalue weighted by Gasteiger charge is -2.21. The minimum atomic E-state index is -0.907. The quantitative estimate of drug-likeness (QED) is 0.907. The van der Waals surface area contributed by atoms with Crippen LogP contribution < -0.4 is 0 Å². The molecular weight excluding hydrogens is 268 g/mol. The molecule has 0 radical (unpaired) electrons. The molecule has 1 amide bonds. The number of hydrogen-bond donors (Lipinski definition) is 2. The van der Waals surface area contributed by atoms with E-state index < -0.39 is 12.0 Å². The SMILES string of the molecule is Cc1cccc2[nH]cc(CC(=O)N3CCC[C@@H]3C(=O)O)c12. The first kappa shape index (κ1) is 13.7. The minimum absolute atomic E-state index is 0.107. The van der Waals surface area contributed by atoms with Crippen LogP contribution in [-0.4, -0.2) is 39.5 Å². The third-order valence-corrected chi connectivity index (χ3v) is 4.20. The number of fused-ring (bicyclic) bond motifs is 1. The molecule has 1 saturated heterocycles. The number of aryl methyl sites for hydroxylation is 1. The Hall–Kier alpha value is -2.30. The first-order valence-electron chi connectivity index (χ1n) is 7.16. The summed E-state index contributed by atoms with van der Waals surface area (Å²) in [6, 6.07) is 5.30. The molecule has 0 saturated carbocycles. The van der Waals surface area contributed by atoms with Crippen molar-refractivity contribution in [2.24, 2.45) is 0 Å². The molecule has 5 nitrogen and oxygen atoms in total. The van der Waals surface area contributed by atoms with Gasteiger partial charge in [-0.3, -0.25) is 4.79 Å². The van der Waals surface area contributed by atoms with Crippen LogP contribution in [0.25, 0.3) is 10.9 Å². The molecule has 1 atom stereocenters. The Kier molecular flexibility index (Phi) is 3.41. The van der Waals surface area contributed by atoms with Crippen LogP contribution in [0.2, 0.25) is 0 Å². The van der Waals surface area contributed by atoms with Gasteiger partial charge >= 0.3 is 5.97 Å². The van der Waals surface area contributed by atoms with Crippen LogP contribution in [-0.2, 0) is 16.0 Å². The van der Waals surface area contributed by atoms with Gasteiger partial charge in [0, 0.05) is 23.6 Å². The van der Waals surface area contributed by atoms with E-state index in [1.54, 1.807) is 0 Å². The Morgan fingerprint density at radius 3 is 3.00 bits per heavy atom. The number of carbonyl (C=O) groups is 2. The molecule has 2 N–H and O–H groups in total. The number of benzene rings is 1. The molecule has 21 heavy (non-hydrogen) atoms. The highest BCUT2D eigenvalue weighted by Crippen LogP contribution is 2.24. The van der Waals surface area contributed by atoms with Gasteiger partial charge in [-0.25, -0.2) is 4.79 Å². The topological polar surface area (TPSA) is 73.4 Å². The number of carboxylic acids is 1. The molecule has 1 aliphatic rings. The van der Waals surface area contributed by atoms with Crippen molar-refractivity contribution in [2.45, 2.75) is 32.2 Å². The van der Waals surface area contributed by atoms with Crippen LogP contribution in [0.3, 0.4) is 0 Å². The number of carboxylic acid groups (broad SMARTS) is 1. The molecule has 3 rings (SSSR count). The number of nitrogens with zero attached hydrogens (tertiary/aromatic N) is 1. The van der Waals surface area contributed by atoms with E-state index in [1.807, 2.05) is 31.3 Å². The van der Waals surface area contributed by atoms with Crippen molar-refractivity contribution >= 4 is 22.8 Å². The lowest BCUT2D eigenvalue weighted by molar-refractivity contribution is -0.147. The molecule has 1 aliphatic heterocycles. The van der Waals surface area contributed by atoms with Crippen LogP contribution in [0.4, 0.5) is 0 Å². The second-order valence-electron chi connectivity index (χ2n) is 5.57. The number of H-pyrrole nitrogens is 1. The monoisotopic (exact) mass is 286 g/mol. The number of rotatable bonds is 3. The van der Waals surface area contributed by atoms with Crippen molar-refractivity contribution in [2.75, 3.05) is 6.54 Å². The highest BCUT2D eigenvalue weighted by molar-refractivity contribution is 5.92. The normalized spacial score (nSPS) is 18.3. The Morgan fingerprint density at radius 1 is 1.43 bits per heavy atom. The summed E-state index contributed by atoms with van der Waals surface area (Å²) >= 11 is 0. The van der Waals surface area contributed by atoms with Gasteiger partial charge in [0.2, 0.25) is 5.91 Å². The standard InChI is InChI=1S/C16H18N2O3/c1-10-4-2-5-12-15(10)11(9-17-12)8-14(19)18-7-3-6-13(18)16(20)21/h2,4-5,9,13,17H,3,6-8H2,1H3,(H,20,21)/t13-/m1/s1. The van der Waals surface area contributed by atoms with Crippen LogP contribution in [0.1, 0.15) is 24.0 Å². The summed E-state index contributed by atoms with van der Waals surface area (Å²) < 4.78 is 0. The summed E-state index contributed by atoms with van der Waals surface area (Å²) in [6.07, 6.45) is 3.40. The average Bonchev–Trinajstić information content (AvgIpc) is 3.06. The number of aliphatic carboxylic acids is 1. The summed E-state index contributed by atoms with van der Waals surface area (Å²) in [5.74, 6) is -1.01. The van der Waals surface area contributed by atoms with Gasteiger partial charge in [-0.2, -0.15) is 0 Å². The summed E-state index contributed by atoms with van der Waals surface area (Å²) in [5.41, 5.74) is 3.06. The second-order valence-corrected chi connectivity index (χ2v) is 5.57. The molecule has 1 fully saturated rings. The lowest BCUT2D eigenvalue weighted by Crippen LogP contribution is -2.41. The number of aromatic amines is 1. The highest BCUT2D eigenvalue weighted by atomic mass is 16.4. The van der Waals surface area contributed by atoms with Gasteiger partial charge in [0.05, 0.1) is 6.42 Å². The van der Waals surface area contributed by atoms with Gasteiger partial charge < -0.3 is 15.0 Å². The second kappa shape index (κ2) is 5.24. The first-order valence-corrected chi connectivity index (χ1v) is 7.16. The molecule has 0 aliphatic carbocycles. The van der Waals surface area contributed by atoms with Crippen LogP contribution >= 0.6 is 0 Å². The predicted octanol–water partition coefficient (Wildman–Crippen LogP) is 2.09. The Balaban J connectivity index is 1.85. The van der Waals surface area contributed by atoms with E-state index in [-0.39, 0.29) is 12.3 Å². The number of carbonyl (C=O) groups excluding carboxylic acids is 1. The fourth-order valence-corrected chi connectivity index (χ4v) is 3.18. The Bertz CT molecular complexity index is 705. The van der Waals surface area contributed by atoms with Crippen molar-refractivity contribution in [3.8, 4) is 0 Å². The molecule has 110 valence electrons. The van der Waals surface area contributed by atoms with Crippen molar-refractivity contribution in [1.29, 1.82) is 0 Å². The summed E-state index contributed by atoms with van der Waals surface area (Å²) in [5, 5.41) is 10.2. The van der Waals surface area contributed by atoms with E-state index in [4.69, 9.17) is 0 Å². The van der Waals surface area contributed by atoms with Crippen molar-refractivity contribution < 1.29 is 14.7 Å². The third kappa shape index (κ3) is 2.39. The highest BCUT2D eigenvalue weighted by Gasteiger charge is 2.33. The number of nitrogens with one attached hydrogen (secondary N) is 1. The maximum absolute atomic E-state index is 12.4. The molecule has 5 heteroatoms. The van der Waals surface area contributed by atoms with Crippen molar-refractivity contribution in [3.63, 3.8) is 0 Å². The third-order valence-electron chi connectivity index (χ3n) is 4.20. The van der Waals surface area contributed by atoms with E-state index in [1.165, 1.54) is 4.90 Å². The van der Waals surface area contributed by atoms with Gasteiger partial charge in [-0.15, -0.1) is 0 Å². The first-order chi connectivity index (χ1) is 10.1. The van der Waals surface area contributed by atoms with Crippen LogP contribution in [0.15, 0.2) is 24.4 Å². The maximum Gasteiger partial charge on any atom is 0.326 e. The summed E-state index contributed by atoms with van der Waals surface area (Å²) in [7, 11) is 0. The van der Waals surface area contributed by atoms with E-state index in [2.05, 4.69) is 4.98 Å². The largest absolute Gasteiger partial charge is 0.480 e. The maximum atomic E-state index is 12.4. The molecule has 2 heterocycles. The fraction of sp³-hybridized carbons (Fsp3) is 0.375.